The lowest BCUT2D eigenvalue weighted by atomic mass is 10.1. The summed E-state index contributed by atoms with van der Waals surface area (Å²) in [5.74, 6) is 0.650. The van der Waals surface area contributed by atoms with Gasteiger partial charge in [0.25, 0.3) is 0 Å². The fourth-order valence-electron chi connectivity index (χ4n) is 4.13. The third-order valence-electron chi connectivity index (χ3n) is 5.86. The molecule has 36 heavy (non-hydrogen) atoms. The minimum atomic E-state index is -0.376. The molecule has 0 bridgehead atoms. The smallest absolute Gasteiger partial charge is 0.340 e. The molecule has 0 aliphatic heterocycles. The fourth-order valence-corrected chi connectivity index (χ4v) is 4.13. The Kier molecular flexibility index (Phi) is 7.59. The molecule has 0 saturated heterocycles. The summed E-state index contributed by atoms with van der Waals surface area (Å²) in [5.41, 5.74) is 4.46. The van der Waals surface area contributed by atoms with Gasteiger partial charge in [-0.3, -0.25) is 0 Å². The summed E-state index contributed by atoms with van der Waals surface area (Å²) in [6.45, 7) is 6.39. The number of methoxy groups -OCH3 is 1. The van der Waals surface area contributed by atoms with Gasteiger partial charge in [0.05, 0.1) is 37.0 Å². The van der Waals surface area contributed by atoms with Crippen LogP contribution in [0.3, 0.4) is 0 Å². The van der Waals surface area contributed by atoms with Gasteiger partial charge in [-0.1, -0.05) is 12.1 Å². The molecule has 0 spiro atoms. The van der Waals surface area contributed by atoms with Gasteiger partial charge in [-0.2, -0.15) is 0 Å². The second kappa shape index (κ2) is 11.0. The summed E-state index contributed by atoms with van der Waals surface area (Å²) in [5, 5.41) is 0.747. The topological polar surface area (TPSA) is 76.0 Å². The highest BCUT2D eigenvalue weighted by Crippen LogP contribution is 2.33. The van der Waals surface area contributed by atoms with E-state index in [4.69, 9.17) is 18.9 Å². The molecule has 0 radical (unpaired) electrons. The van der Waals surface area contributed by atoms with E-state index in [0.717, 1.165) is 33.6 Å². The van der Waals surface area contributed by atoms with Crippen molar-refractivity contribution in [2.75, 3.05) is 20.3 Å². The first kappa shape index (κ1) is 24.9. The van der Waals surface area contributed by atoms with Crippen LogP contribution in [0.15, 0.2) is 66.7 Å². The molecule has 0 fully saturated rings. The van der Waals surface area contributed by atoms with Crippen LogP contribution in [0, 0.1) is 6.92 Å². The van der Waals surface area contributed by atoms with Crippen LogP contribution in [0.25, 0.3) is 16.6 Å². The largest absolute Gasteiger partial charge is 0.497 e. The molecule has 1 heterocycles. The van der Waals surface area contributed by atoms with Gasteiger partial charge in [0.1, 0.15) is 18.1 Å². The molecule has 3 aromatic carbocycles. The second-order valence-electron chi connectivity index (χ2n) is 8.10. The van der Waals surface area contributed by atoms with Crippen molar-refractivity contribution in [3.05, 3.63) is 89.1 Å². The molecule has 1 aromatic heterocycles. The Balaban J connectivity index is 1.65. The van der Waals surface area contributed by atoms with E-state index in [9.17, 15) is 9.59 Å². The summed E-state index contributed by atoms with van der Waals surface area (Å²) in [6, 6.07) is 20.5. The normalized spacial score (nSPS) is 10.8. The summed E-state index contributed by atoms with van der Waals surface area (Å²) in [7, 11) is 1.63. The molecule has 7 heteroatoms. The molecule has 7 nitrogen and oxygen atoms in total. The molecule has 186 valence electrons. The molecule has 4 rings (SSSR count). The molecule has 0 atom stereocenters. The van der Waals surface area contributed by atoms with E-state index in [2.05, 4.69) is 0 Å². The van der Waals surface area contributed by atoms with E-state index in [1.165, 1.54) is 0 Å². The van der Waals surface area contributed by atoms with E-state index in [1.807, 2.05) is 66.1 Å². The van der Waals surface area contributed by atoms with Gasteiger partial charge < -0.3 is 23.5 Å². The Hall–Kier alpha value is -4.26. The average Bonchev–Trinajstić information content (AvgIpc) is 3.19. The van der Waals surface area contributed by atoms with E-state index < -0.39 is 0 Å². The number of carbonyl (C=O) groups is 2. The first-order valence-corrected chi connectivity index (χ1v) is 11.8. The van der Waals surface area contributed by atoms with Crippen LogP contribution in [0.5, 0.6) is 11.5 Å². The highest BCUT2D eigenvalue weighted by molar-refractivity contribution is 6.07. The number of esters is 2. The molecule has 0 aliphatic carbocycles. The van der Waals surface area contributed by atoms with Crippen LogP contribution in [0.1, 0.15) is 45.8 Å². The molecule has 0 saturated carbocycles. The zero-order valence-electron chi connectivity index (χ0n) is 20.9. The SMILES string of the molecule is CCOC(=O)c1ccc(COc2ccc3c(c2)c(C(=O)OCC)c(C)n3-c2ccc(OC)cc2)cc1. The Morgan fingerprint density at radius 3 is 2.08 bits per heavy atom. The van der Waals surface area contributed by atoms with E-state index >= 15 is 0 Å². The maximum Gasteiger partial charge on any atom is 0.340 e. The van der Waals surface area contributed by atoms with Crippen LogP contribution in [0.4, 0.5) is 0 Å². The van der Waals surface area contributed by atoms with Crippen LogP contribution < -0.4 is 9.47 Å². The molecule has 0 amide bonds. The van der Waals surface area contributed by atoms with Gasteiger partial charge in [-0.05, 0) is 80.9 Å². The maximum atomic E-state index is 12.9. The van der Waals surface area contributed by atoms with Crippen molar-refractivity contribution in [2.24, 2.45) is 0 Å². The molecule has 0 unspecified atom stereocenters. The van der Waals surface area contributed by atoms with Crippen molar-refractivity contribution in [3.8, 4) is 17.2 Å². The van der Waals surface area contributed by atoms with Gasteiger partial charge in [-0.15, -0.1) is 0 Å². The van der Waals surface area contributed by atoms with Crippen molar-refractivity contribution >= 4 is 22.8 Å². The zero-order valence-corrected chi connectivity index (χ0v) is 20.9. The average molecular weight is 488 g/mol. The fraction of sp³-hybridized carbons (Fsp3) is 0.241. The summed E-state index contributed by atoms with van der Waals surface area (Å²) < 4.78 is 23.7. The Morgan fingerprint density at radius 2 is 1.44 bits per heavy atom. The molecule has 0 aliphatic rings. The van der Waals surface area contributed by atoms with Crippen molar-refractivity contribution in [1.82, 2.24) is 4.57 Å². The first-order valence-electron chi connectivity index (χ1n) is 11.8. The summed E-state index contributed by atoms with van der Waals surface area (Å²) >= 11 is 0. The van der Waals surface area contributed by atoms with Gasteiger partial charge >= 0.3 is 11.9 Å². The van der Waals surface area contributed by atoms with Crippen molar-refractivity contribution in [2.45, 2.75) is 27.4 Å². The van der Waals surface area contributed by atoms with E-state index in [0.29, 0.717) is 30.1 Å². The number of ether oxygens (including phenoxy) is 4. The molecule has 4 aromatic rings. The number of nitrogens with zero attached hydrogens (tertiary/aromatic N) is 1. The highest BCUT2D eigenvalue weighted by Gasteiger charge is 2.22. The monoisotopic (exact) mass is 487 g/mol. The number of hydrogen-bond donors (Lipinski definition) is 0. The van der Waals surface area contributed by atoms with Crippen LogP contribution in [-0.2, 0) is 16.1 Å². The van der Waals surface area contributed by atoms with Crippen molar-refractivity contribution < 1.29 is 28.5 Å². The van der Waals surface area contributed by atoms with Crippen LogP contribution in [-0.4, -0.2) is 36.8 Å². The Bertz CT molecular complexity index is 1370. The Labute approximate surface area is 210 Å². The second-order valence-corrected chi connectivity index (χ2v) is 8.10. The van der Waals surface area contributed by atoms with Gasteiger partial charge in [0.15, 0.2) is 0 Å². The Morgan fingerprint density at radius 1 is 0.806 bits per heavy atom. The third-order valence-corrected chi connectivity index (χ3v) is 5.86. The van der Waals surface area contributed by atoms with Gasteiger partial charge in [0, 0.05) is 16.8 Å². The first-order chi connectivity index (χ1) is 17.5. The van der Waals surface area contributed by atoms with E-state index in [1.54, 1.807) is 33.1 Å². The number of benzene rings is 3. The standard InChI is InChI=1S/C29H29NO6/c1-5-34-28(31)21-9-7-20(8-10-21)18-36-24-15-16-26-25(17-24)27(29(32)35-6-2)19(3)30(26)22-11-13-23(33-4)14-12-22/h7-17H,5-6,18H2,1-4H3. The quantitative estimate of drug-likeness (QED) is 0.275. The summed E-state index contributed by atoms with van der Waals surface area (Å²) in [4.78, 5) is 24.8. The zero-order chi connectivity index (χ0) is 25.7. The minimum Gasteiger partial charge on any atom is -0.497 e. The highest BCUT2D eigenvalue weighted by atomic mass is 16.5. The third kappa shape index (κ3) is 5.05. The number of hydrogen-bond acceptors (Lipinski definition) is 6. The molecular weight excluding hydrogens is 458 g/mol. The molecular formula is C29H29NO6. The summed E-state index contributed by atoms with van der Waals surface area (Å²) in [6.07, 6.45) is 0. The van der Waals surface area contributed by atoms with Crippen LogP contribution >= 0.6 is 0 Å². The number of rotatable bonds is 9. The number of carbonyl (C=O) groups excluding carboxylic acids is 2. The predicted octanol–water partition coefficient (Wildman–Crippen LogP) is 5.88. The van der Waals surface area contributed by atoms with Crippen LogP contribution in [0.2, 0.25) is 0 Å². The number of aromatic nitrogens is 1. The van der Waals surface area contributed by atoms with E-state index in [-0.39, 0.29) is 18.5 Å². The lowest BCUT2D eigenvalue weighted by molar-refractivity contribution is 0.0517. The molecule has 0 N–H and O–H groups in total. The van der Waals surface area contributed by atoms with Gasteiger partial charge in [-0.25, -0.2) is 9.59 Å². The lowest BCUT2D eigenvalue weighted by Gasteiger charge is -2.10. The number of fused-ring (bicyclic) bond motifs is 1. The minimum absolute atomic E-state index is 0.283. The maximum absolute atomic E-state index is 12.9. The van der Waals surface area contributed by atoms with Crippen molar-refractivity contribution in [1.29, 1.82) is 0 Å². The van der Waals surface area contributed by atoms with Crippen molar-refractivity contribution in [3.63, 3.8) is 0 Å². The van der Waals surface area contributed by atoms with Gasteiger partial charge in [0.2, 0.25) is 0 Å². The predicted molar refractivity (Wildman–Crippen MR) is 137 cm³/mol. The lowest BCUT2D eigenvalue weighted by Crippen LogP contribution is -2.07.